The van der Waals surface area contributed by atoms with Gasteiger partial charge in [-0.25, -0.2) is 0 Å². The molecule has 1 saturated carbocycles. The highest BCUT2D eigenvalue weighted by atomic mass is 32.1. The summed E-state index contributed by atoms with van der Waals surface area (Å²) >= 11 is 5.84. The third-order valence-corrected chi connectivity index (χ3v) is 6.82. The highest BCUT2D eigenvalue weighted by Gasteiger charge is 2.42. The highest BCUT2D eigenvalue weighted by Crippen LogP contribution is 2.45. The number of hydrogen-bond donors (Lipinski definition) is 1. The number of ether oxygens (including phenoxy) is 1. The van der Waals surface area contributed by atoms with Crippen molar-refractivity contribution in [3.63, 3.8) is 0 Å². The maximum absolute atomic E-state index is 5.84. The maximum Gasteiger partial charge on any atom is 0.170 e. The lowest BCUT2D eigenvalue weighted by Gasteiger charge is -2.28. The van der Waals surface area contributed by atoms with Gasteiger partial charge in [0.05, 0.1) is 24.9 Å². The molecule has 1 saturated heterocycles. The largest absolute Gasteiger partial charge is 0.497 e. The molecule has 0 unspecified atom stereocenters. The number of benzene rings is 1. The molecule has 1 N–H and O–H groups in total. The number of thiocarbonyl (C=S) groups is 1. The van der Waals surface area contributed by atoms with Gasteiger partial charge in [-0.05, 0) is 80.4 Å². The smallest absolute Gasteiger partial charge is 0.170 e. The van der Waals surface area contributed by atoms with Crippen molar-refractivity contribution in [2.45, 2.75) is 51.4 Å². The van der Waals surface area contributed by atoms with E-state index in [1.807, 2.05) is 30.5 Å². The second kappa shape index (κ2) is 8.00. The molecule has 2 atom stereocenters. The Morgan fingerprint density at radius 1 is 1.13 bits per heavy atom. The van der Waals surface area contributed by atoms with E-state index in [1.54, 1.807) is 7.11 Å². The lowest BCUT2D eigenvalue weighted by atomic mass is 9.96. The third-order valence-electron chi connectivity index (χ3n) is 6.46. The fraction of sp³-hybridized carbons (Fsp3) is 0.360. The summed E-state index contributed by atoms with van der Waals surface area (Å²) in [6.07, 6.45) is 4.41. The van der Waals surface area contributed by atoms with Gasteiger partial charge in [0.15, 0.2) is 5.11 Å². The zero-order valence-corrected chi connectivity index (χ0v) is 19.0. The summed E-state index contributed by atoms with van der Waals surface area (Å²) in [7, 11) is 1.69. The van der Waals surface area contributed by atoms with E-state index in [1.165, 1.54) is 35.4 Å². The monoisotopic (exact) mass is 432 g/mol. The molecule has 2 aromatic heterocycles. The number of nitrogens with one attached hydrogen (secondary N) is 1. The first-order valence-corrected chi connectivity index (χ1v) is 11.3. The van der Waals surface area contributed by atoms with Gasteiger partial charge in [-0.2, -0.15) is 0 Å². The number of aromatic nitrogens is 2. The zero-order valence-electron chi connectivity index (χ0n) is 18.2. The van der Waals surface area contributed by atoms with Crippen molar-refractivity contribution in [3.05, 3.63) is 82.9 Å². The molecule has 0 bridgehead atoms. The SMILES string of the molecule is COc1ccc(CN2C(=S)N[C@@H](c3ccccn3)[C@@H]2c2cc(C)n(C3CC3)c2C)cc1. The van der Waals surface area contributed by atoms with Crippen LogP contribution >= 0.6 is 12.2 Å². The van der Waals surface area contributed by atoms with Crippen molar-refractivity contribution in [2.75, 3.05) is 7.11 Å². The summed E-state index contributed by atoms with van der Waals surface area (Å²) in [4.78, 5) is 6.98. The lowest BCUT2D eigenvalue weighted by Crippen LogP contribution is -2.29. The minimum absolute atomic E-state index is 0.0140. The summed E-state index contributed by atoms with van der Waals surface area (Å²) in [5, 5.41) is 4.34. The molecule has 1 aromatic carbocycles. The Morgan fingerprint density at radius 2 is 1.90 bits per heavy atom. The van der Waals surface area contributed by atoms with Gasteiger partial charge >= 0.3 is 0 Å². The Labute approximate surface area is 189 Å². The van der Waals surface area contributed by atoms with Crippen molar-refractivity contribution in [3.8, 4) is 5.75 Å². The molecule has 1 aliphatic heterocycles. The topological polar surface area (TPSA) is 42.3 Å². The number of aryl methyl sites for hydroxylation is 1. The minimum Gasteiger partial charge on any atom is -0.497 e. The Kier molecular flexibility index (Phi) is 5.18. The summed E-state index contributed by atoms with van der Waals surface area (Å²) in [6.45, 7) is 5.21. The number of pyridine rings is 1. The molecule has 0 amide bonds. The molecule has 31 heavy (non-hydrogen) atoms. The molecule has 1 aliphatic carbocycles. The average Bonchev–Trinajstić information content (AvgIpc) is 3.51. The van der Waals surface area contributed by atoms with Crippen LogP contribution in [0.2, 0.25) is 0 Å². The van der Waals surface area contributed by atoms with E-state index in [0.29, 0.717) is 6.04 Å². The summed E-state index contributed by atoms with van der Waals surface area (Å²) in [5.41, 5.74) is 6.23. The molecule has 3 heterocycles. The standard InChI is InChI=1S/C25H28N4OS/c1-16-14-21(17(2)29(16)19-9-10-19)24-23(22-6-4-5-13-26-22)27-25(31)28(24)15-18-7-11-20(30-3)12-8-18/h4-8,11-14,19,23-24H,9-10,15H2,1-3H3,(H,27,31)/t23-,24-/m0/s1. The van der Waals surface area contributed by atoms with E-state index in [9.17, 15) is 0 Å². The van der Waals surface area contributed by atoms with Gasteiger partial charge in [0, 0.05) is 30.2 Å². The van der Waals surface area contributed by atoms with Crippen LogP contribution in [0.3, 0.4) is 0 Å². The Bertz CT molecular complexity index is 1090. The summed E-state index contributed by atoms with van der Waals surface area (Å²) in [5.74, 6) is 0.863. The van der Waals surface area contributed by atoms with Gasteiger partial charge in [0.2, 0.25) is 0 Å². The van der Waals surface area contributed by atoms with Crippen LogP contribution in [0, 0.1) is 13.8 Å². The summed E-state index contributed by atoms with van der Waals surface area (Å²) in [6, 6.07) is 17.4. The average molecular weight is 433 g/mol. The van der Waals surface area contributed by atoms with E-state index in [2.05, 4.69) is 57.9 Å². The number of nitrogens with zero attached hydrogens (tertiary/aromatic N) is 3. The minimum atomic E-state index is 0.0140. The van der Waals surface area contributed by atoms with E-state index in [4.69, 9.17) is 17.0 Å². The number of hydrogen-bond acceptors (Lipinski definition) is 3. The molecule has 0 spiro atoms. The van der Waals surface area contributed by atoms with Gasteiger partial charge in [-0.1, -0.05) is 18.2 Å². The van der Waals surface area contributed by atoms with Gasteiger partial charge in [-0.15, -0.1) is 0 Å². The van der Waals surface area contributed by atoms with E-state index < -0.39 is 0 Å². The van der Waals surface area contributed by atoms with E-state index in [0.717, 1.165) is 23.1 Å². The quantitative estimate of drug-likeness (QED) is 0.554. The third kappa shape index (κ3) is 3.69. The molecule has 6 heteroatoms. The van der Waals surface area contributed by atoms with E-state index in [-0.39, 0.29) is 12.1 Å². The summed E-state index contributed by atoms with van der Waals surface area (Å²) < 4.78 is 7.83. The number of rotatable bonds is 6. The lowest BCUT2D eigenvalue weighted by molar-refractivity contribution is 0.309. The van der Waals surface area contributed by atoms with Gasteiger partial charge in [0.1, 0.15) is 5.75 Å². The fourth-order valence-corrected chi connectivity index (χ4v) is 5.14. The Hall–Kier alpha value is -2.86. The van der Waals surface area contributed by atoms with Crippen molar-refractivity contribution in [1.29, 1.82) is 0 Å². The van der Waals surface area contributed by atoms with E-state index >= 15 is 0 Å². The highest BCUT2D eigenvalue weighted by molar-refractivity contribution is 7.80. The second-order valence-electron chi connectivity index (χ2n) is 8.53. The predicted octanol–water partition coefficient (Wildman–Crippen LogP) is 5.02. The predicted molar refractivity (Wildman–Crippen MR) is 126 cm³/mol. The van der Waals surface area contributed by atoms with Crippen LogP contribution in [-0.2, 0) is 6.54 Å². The molecule has 5 nitrogen and oxygen atoms in total. The first-order valence-electron chi connectivity index (χ1n) is 10.9. The van der Waals surface area contributed by atoms with Crippen LogP contribution in [0.1, 0.15) is 59.2 Å². The molecule has 160 valence electrons. The fourth-order valence-electron chi connectivity index (χ4n) is 4.84. The van der Waals surface area contributed by atoms with Crippen molar-refractivity contribution in [1.82, 2.24) is 19.8 Å². The molecule has 0 radical (unpaired) electrons. The number of methoxy groups -OCH3 is 1. The van der Waals surface area contributed by atoms with Crippen molar-refractivity contribution in [2.24, 2.45) is 0 Å². The van der Waals surface area contributed by atoms with Crippen LogP contribution in [-0.4, -0.2) is 26.7 Å². The molecular weight excluding hydrogens is 404 g/mol. The first-order chi connectivity index (χ1) is 15.1. The van der Waals surface area contributed by atoms with Crippen LogP contribution in [0.25, 0.3) is 0 Å². The molecule has 2 aliphatic rings. The Morgan fingerprint density at radius 3 is 2.55 bits per heavy atom. The van der Waals surface area contributed by atoms with Crippen molar-refractivity contribution < 1.29 is 4.74 Å². The molecule has 5 rings (SSSR count). The van der Waals surface area contributed by atoms with Gasteiger partial charge < -0.3 is 19.5 Å². The van der Waals surface area contributed by atoms with Crippen molar-refractivity contribution >= 4 is 17.3 Å². The van der Waals surface area contributed by atoms with Crippen LogP contribution < -0.4 is 10.1 Å². The van der Waals surface area contributed by atoms with Gasteiger partial charge in [0.25, 0.3) is 0 Å². The second-order valence-corrected chi connectivity index (χ2v) is 8.92. The van der Waals surface area contributed by atoms with Gasteiger partial charge in [-0.3, -0.25) is 4.98 Å². The molecule has 2 fully saturated rings. The normalized spacial score (nSPS) is 20.7. The van der Waals surface area contributed by atoms with Crippen LogP contribution in [0.5, 0.6) is 5.75 Å². The molecule has 3 aromatic rings. The Balaban J connectivity index is 1.55. The van der Waals surface area contributed by atoms with Crippen LogP contribution in [0.15, 0.2) is 54.7 Å². The molecular formula is C25H28N4OS. The van der Waals surface area contributed by atoms with Crippen LogP contribution in [0.4, 0.5) is 0 Å². The zero-order chi connectivity index (χ0) is 21.5. The first kappa shape index (κ1) is 20.1. The maximum atomic E-state index is 5.84.